The maximum atomic E-state index is 12.2. The molecule has 6 aromatic rings. The van der Waals surface area contributed by atoms with Crippen molar-refractivity contribution in [1.82, 2.24) is 4.90 Å². The van der Waals surface area contributed by atoms with E-state index in [1.807, 2.05) is 109 Å². The van der Waals surface area contributed by atoms with E-state index < -0.39 is 19.5 Å². The van der Waals surface area contributed by atoms with E-state index in [-0.39, 0.29) is 5.91 Å². The van der Waals surface area contributed by atoms with Gasteiger partial charge < -0.3 is 35.3 Å². The van der Waals surface area contributed by atoms with Gasteiger partial charge in [-0.3, -0.25) is 9.59 Å². The summed E-state index contributed by atoms with van der Waals surface area (Å²) in [5.74, 6) is -0.126. The Morgan fingerprint density at radius 1 is 0.677 bits per heavy atom. The summed E-state index contributed by atoms with van der Waals surface area (Å²) in [7, 11) is -1.62. The molecule has 0 saturated heterocycles. The third-order valence-corrected chi connectivity index (χ3v) is 11.6. The van der Waals surface area contributed by atoms with Crippen molar-refractivity contribution >= 4 is 82.8 Å². The van der Waals surface area contributed by atoms with Gasteiger partial charge >= 0.3 is 14.2 Å². The summed E-state index contributed by atoms with van der Waals surface area (Å²) < 4.78 is 16.6. The van der Waals surface area contributed by atoms with Crippen molar-refractivity contribution in [2.24, 2.45) is 0 Å². The Morgan fingerprint density at radius 3 is 1.47 bits per heavy atom. The third-order valence-electron chi connectivity index (χ3n) is 9.40. The fourth-order valence-corrected chi connectivity index (χ4v) is 7.82. The fourth-order valence-electron chi connectivity index (χ4n) is 5.96. The normalized spacial score (nSPS) is 12.1. The lowest BCUT2D eigenvalue weighted by Crippen LogP contribution is -2.27. The fraction of sp³-hybridized carbons (Fsp3) is 0.208. The maximum absolute atomic E-state index is 12.2. The number of nitrogens with one attached hydrogen (secondary N) is 1. The van der Waals surface area contributed by atoms with Gasteiger partial charge in [0.05, 0.1) is 13.2 Å². The van der Waals surface area contributed by atoms with Crippen LogP contribution < -0.4 is 22.0 Å². The second-order valence-corrected chi connectivity index (χ2v) is 16.1. The first-order valence-corrected chi connectivity index (χ1v) is 22.3. The van der Waals surface area contributed by atoms with Crippen LogP contribution in [0.25, 0.3) is 0 Å². The number of nitrogen functional groups attached to an aromatic ring is 1. The van der Waals surface area contributed by atoms with E-state index in [4.69, 9.17) is 28.0 Å². The molecule has 1 amide bonds. The van der Waals surface area contributed by atoms with E-state index in [1.54, 1.807) is 66.8 Å². The van der Waals surface area contributed by atoms with Gasteiger partial charge in [-0.05, 0) is 138 Å². The molecule has 0 atom stereocenters. The van der Waals surface area contributed by atoms with Crippen molar-refractivity contribution in [1.29, 1.82) is 0 Å². The van der Waals surface area contributed by atoms with Crippen molar-refractivity contribution in [3.05, 3.63) is 168 Å². The van der Waals surface area contributed by atoms with Gasteiger partial charge in [0.25, 0.3) is 11.1 Å². The van der Waals surface area contributed by atoms with E-state index in [9.17, 15) is 19.6 Å². The summed E-state index contributed by atoms with van der Waals surface area (Å²) in [6, 6.07) is 45.3. The lowest BCUT2D eigenvalue weighted by atomic mass is 9.80. The average Bonchev–Trinajstić information content (AvgIpc) is 3.87. The van der Waals surface area contributed by atoms with E-state index in [0.717, 1.165) is 53.0 Å². The number of carbonyl (C=O) groups is 2. The first kappa shape index (κ1) is 48.2. The van der Waals surface area contributed by atoms with Crippen LogP contribution in [0, 0.1) is 0 Å². The molecule has 62 heavy (non-hydrogen) atoms. The van der Waals surface area contributed by atoms with Gasteiger partial charge in [-0.2, -0.15) is 0 Å². The molecule has 322 valence electrons. The van der Waals surface area contributed by atoms with Crippen LogP contribution in [0.2, 0.25) is 0 Å². The number of anilines is 2. The number of hydrogen-bond acceptors (Lipinski definition) is 10. The van der Waals surface area contributed by atoms with Crippen molar-refractivity contribution in [2.45, 2.75) is 67.4 Å². The molecule has 8 rings (SSSR count). The second-order valence-electron chi connectivity index (χ2n) is 13.4. The van der Waals surface area contributed by atoms with Crippen LogP contribution >= 0.6 is 35.1 Å². The first-order valence-electron chi connectivity index (χ1n) is 21.0. The number of benzene rings is 6. The van der Waals surface area contributed by atoms with E-state index in [1.165, 1.54) is 19.6 Å². The van der Waals surface area contributed by atoms with E-state index in [2.05, 4.69) is 31.0 Å². The number of rotatable bonds is 10. The van der Waals surface area contributed by atoms with Gasteiger partial charge in [0.2, 0.25) is 0 Å². The molecule has 0 radical (unpaired) electrons. The zero-order valence-electron chi connectivity index (χ0n) is 36.5. The van der Waals surface area contributed by atoms with Gasteiger partial charge in [0.15, 0.2) is 0 Å². The van der Waals surface area contributed by atoms with Crippen LogP contribution in [0.3, 0.4) is 0 Å². The van der Waals surface area contributed by atoms with Gasteiger partial charge in [-0.15, -0.1) is 0 Å². The minimum atomic E-state index is -0.832. The lowest BCUT2D eigenvalue weighted by Gasteiger charge is -2.13. The zero-order chi connectivity index (χ0) is 45.6. The Morgan fingerprint density at radius 2 is 1.08 bits per heavy atom. The molecule has 0 aromatic heterocycles. The summed E-state index contributed by atoms with van der Waals surface area (Å²) in [5.41, 5.74) is 12.1. The molecule has 5 N–H and O–H groups in total. The minimum absolute atomic E-state index is 0.126. The van der Waals surface area contributed by atoms with Gasteiger partial charge in [0, 0.05) is 43.5 Å². The molecule has 2 aliphatic heterocycles. The molecule has 2 aliphatic rings. The topological polar surface area (TPSA) is 134 Å². The zero-order valence-corrected chi connectivity index (χ0v) is 37.9. The van der Waals surface area contributed by atoms with Crippen molar-refractivity contribution in [3.63, 3.8) is 0 Å². The van der Waals surface area contributed by atoms with Crippen molar-refractivity contribution < 1.29 is 30.3 Å². The van der Waals surface area contributed by atoms with Crippen molar-refractivity contribution in [2.75, 3.05) is 30.7 Å². The average molecular weight is 891 g/mol. The Labute approximate surface area is 382 Å². The molecular weight excluding hydrogens is 836 g/mol. The summed E-state index contributed by atoms with van der Waals surface area (Å²) >= 11 is 8.41. The summed E-state index contributed by atoms with van der Waals surface area (Å²) in [6.07, 6.45) is 0. The van der Waals surface area contributed by atoms with E-state index >= 15 is 0 Å². The molecule has 6 aromatic carbocycles. The Bertz CT molecular complexity index is 2290. The Balaban J connectivity index is 0.000000203. The number of nitrogens with zero attached hydrogens (tertiary/aromatic N) is 1. The largest absolute Gasteiger partial charge is 0.491 e. The number of nitrogens with two attached hydrogens (primary N) is 1. The SMILES string of the molecule is CCN(CC)CC.Nc1ccc(Sc2ccc3c(c2)B(O)OC3)cc1.O=C(Cl)c1ccccc1.O=C(Nc1ccc(Sc2ccc3c(c2)B(O)OC3)cc1)c1ccccc1.[2H]CC. The maximum Gasteiger partial charge on any atom is 0.491 e. The van der Waals surface area contributed by atoms with Gasteiger partial charge in [-0.25, -0.2) is 0 Å². The molecule has 0 saturated carbocycles. The number of fused-ring (bicyclic) bond motifs is 2. The standard InChI is InChI=1S/C20H16BNO3S.C13H12BNO2S.C7H5ClO.C6H15N.C2H6/c23-20(14-4-2-1-3-5-14)22-16-7-10-17(11-8-16)26-18-9-6-15-13-25-21(24)19(15)12-18;15-10-2-5-11(6-3-10)18-12-4-1-9-8-17-14(16)13(9)7-12;8-7(9)6-4-2-1-3-5-6;1-4-7(5-2)6-3;1-2/h1-12,24H,13H2,(H,22,23);1-7,16H,8,15H2;1-5H;4-6H2,1-3H3;1-2H3/i;;;;1D. The number of hydrogen-bond donors (Lipinski definition) is 4. The summed E-state index contributed by atoms with van der Waals surface area (Å²) in [5, 5.41) is 22.0. The minimum Gasteiger partial charge on any atom is -0.423 e. The number of halogens is 1. The molecule has 0 spiro atoms. The first-order chi connectivity index (χ1) is 30.5. The van der Waals surface area contributed by atoms with Gasteiger partial charge in [-0.1, -0.05) is 119 Å². The van der Waals surface area contributed by atoms with Crippen molar-refractivity contribution in [3.8, 4) is 0 Å². The predicted octanol–water partition coefficient (Wildman–Crippen LogP) is 9.39. The molecule has 2 heterocycles. The van der Waals surface area contributed by atoms with Gasteiger partial charge in [0.1, 0.15) is 0 Å². The van der Waals surface area contributed by atoms with Crippen LogP contribution in [0.4, 0.5) is 11.4 Å². The Kier molecular flexibility index (Phi) is 20.7. The quantitative estimate of drug-likeness (QED) is 0.0599. The van der Waals surface area contributed by atoms with Crippen LogP contribution in [-0.2, 0) is 22.5 Å². The molecule has 0 fully saturated rings. The van der Waals surface area contributed by atoms with Crippen LogP contribution in [0.15, 0.2) is 165 Å². The Hall–Kier alpha value is -4.82. The smallest absolute Gasteiger partial charge is 0.423 e. The molecule has 0 aliphatic carbocycles. The second kappa shape index (κ2) is 26.6. The molecule has 0 bridgehead atoms. The van der Waals surface area contributed by atoms with Crippen LogP contribution in [0.1, 0.15) is 67.8 Å². The number of amides is 1. The molecule has 9 nitrogen and oxygen atoms in total. The number of carbonyl (C=O) groups excluding carboxylic acids is 2. The molecule has 0 unspecified atom stereocenters. The monoisotopic (exact) mass is 890 g/mol. The highest BCUT2D eigenvalue weighted by atomic mass is 35.5. The lowest BCUT2D eigenvalue weighted by molar-refractivity contribution is 0.102. The molecular formula is C48H54B2ClN3O6S2. The highest BCUT2D eigenvalue weighted by Crippen LogP contribution is 2.30. The highest BCUT2D eigenvalue weighted by molar-refractivity contribution is 7.99. The summed E-state index contributed by atoms with van der Waals surface area (Å²) in [6.45, 7) is 13.4. The van der Waals surface area contributed by atoms with Crippen LogP contribution in [-0.4, -0.2) is 60.0 Å². The van der Waals surface area contributed by atoms with Crippen LogP contribution in [0.5, 0.6) is 0 Å². The van der Waals surface area contributed by atoms with E-state index in [0.29, 0.717) is 31.2 Å². The third kappa shape index (κ3) is 15.8. The molecule has 14 heteroatoms. The summed E-state index contributed by atoms with van der Waals surface area (Å²) in [4.78, 5) is 29.3. The highest BCUT2D eigenvalue weighted by Gasteiger charge is 2.28. The predicted molar refractivity (Wildman–Crippen MR) is 259 cm³/mol.